The predicted molar refractivity (Wildman–Crippen MR) is 102 cm³/mol. The number of thioether (sulfide) groups is 1. The van der Waals surface area contributed by atoms with E-state index in [1.165, 1.54) is 0 Å². The van der Waals surface area contributed by atoms with Gasteiger partial charge in [-0.05, 0) is 43.4 Å². The van der Waals surface area contributed by atoms with Crippen LogP contribution in [0.1, 0.15) is 28.5 Å². The van der Waals surface area contributed by atoms with Crippen LogP contribution in [0.2, 0.25) is 0 Å². The van der Waals surface area contributed by atoms with E-state index < -0.39 is 0 Å². The quantitative estimate of drug-likeness (QED) is 0.698. The molecule has 0 aliphatic carbocycles. The van der Waals surface area contributed by atoms with Crippen LogP contribution in [0.4, 0.5) is 5.69 Å². The zero-order valence-corrected chi connectivity index (χ0v) is 15.3. The minimum Gasteiger partial charge on any atom is -0.320 e. The summed E-state index contributed by atoms with van der Waals surface area (Å²) in [5, 5.41) is 8.22. The number of carbonyl (C=O) groups is 1. The fourth-order valence-electron chi connectivity index (χ4n) is 2.56. The summed E-state index contributed by atoms with van der Waals surface area (Å²) in [7, 11) is 0. The van der Waals surface area contributed by atoms with Gasteiger partial charge in [0.2, 0.25) is 0 Å². The Morgan fingerprint density at radius 1 is 1.16 bits per heavy atom. The maximum atomic E-state index is 12.6. The van der Waals surface area contributed by atoms with Crippen molar-refractivity contribution in [2.45, 2.75) is 25.8 Å². The van der Waals surface area contributed by atoms with Crippen molar-refractivity contribution >= 4 is 23.4 Å². The summed E-state index contributed by atoms with van der Waals surface area (Å²) in [4.78, 5) is 16.9. The van der Waals surface area contributed by atoms with E-state index in [4.69, 9.17) is 0 Å². The largest absolute Gasteiger partial charge is 0.320 e. The van der Waals surface area contributed by atoms with Crippen molar-refractivity contribution in [3.8, 4) is 5.69 Å². The number of carbonyl (C=O) groups excluding carboxylic acids is 1. The first-order valence-corrected chi connectivity index (χ1v) is 9.09. The highest BCUT2D eigenvalue weighted by Gasteiger charge is 2.16. The molecule has 1 N–H and O–H groups in total. The molecule has 1 aromatic carbocycles. The number of rotatable bonds is 5. The first kappa shape index (κ1) is 17.2. The van der Waals surface area contributed by atoms with Crippen LogP contribution >= 0.6 is 11.8 Å². The molecule has 3 rings (SSSR count). The molecular weight excluding hydrogens is 332 g/mol. The Morgan fingerprint density at radius 2 is 1.96 bits per heavy atom. The van der Waals surface area contributed by atoms with Gasteiger partial charge in [-0.25, -0.2) is 9.67 Å². The molecule has 0 bridgehead atoms. The molecule has 2 heterocycles. The molecular formula is C19H20N4OS. The maximum absolute atomic E-state index is 12.6. The number of benzene rings is 1. The van der Waals surface area contributed by atoms with Crippen LogP contribution in [-0.2, 0) is 0 Å². The Morgan fingerprint density at radius 3 is 2.64 bits per heavy atom. The first-order chi connectivity index (χ1) is 12.1. The molecule has 3 aromatic rings. The average Bonchev–Trinajstić information content (AvgIpc) is 2.99. The number of aryl methyl sites for hydroxylation is 1. The normalized spacial score (nSPS) is 10.7. The van der Waals surface area contributed by atoms with Gasteiger partial charge < -0.3 is 5.32 Å². The van der Waals surface area contributed by atoms with Gasteiger partial charge in [-0.2, -0.15) is 5.10 Å². The van der Waals surface area contributed by atoms with Crippen molar-refractivity contribution in [1.82, 2.24) is 14.8 Å². The molecule has 0 saturated heterocycles. The predicted octanol–water partition coefficient (Wildman–Crippen LogP) is 4.25. The van der Waals surface area contributed by atoms with Gasteiger partial charge in [0.1, 0.15) is 0 Å². The summed E-state index contributed by atoms with van der Waals surface area (Å²) in [6, 6.07) is 11.7. The van der Waals surface area contributed by atoms with Crippen molar-refractivity contribution in [3.05, 3.63) is 65.6 Å². The summed E-state index contributed by atoms with van der Waals surface area (Å²) in [5.74, 6) is 0.783. The SMILES string of the molecule is CCSc1ccc(NC(=O)c2cnn(-c3ccccc3C)c2C)cn1. The minimum atomic E-state index is -0.185. The van der Waals surface area contributed by atoms with Crippen LogP contribution in [0.25, 0.3) is 5.69 Å². The van der Waals surface area contributed by atoms with Gasteiger partial charge in [-0.15, -0.1) is 11.8 Å². The van der Waals surface area contributed by atoms with Gasteiger partial charge in [0.15, 0.2) is 0 Å². The number of anilines is 1. The lowest BCUT2D eigenvalue weighted by molar-refractivity contribution is 0.102. The van der Waals surface area contributed by atoms with E-state index in [2.05, 4.69) is 22.3 Å². The molecule has 0 spiro atoms. The molecule has 0 radical (unpaired) electrons. The monoisotopic (exact) mass is 352 g/mol. The molecule has 128 valence electrons. The maximum Gasteiger partial charge on any atom is 0.259 e. The van der Waals surface area contributed by atoms with E-state index in [1.807, 2.05) is 50.2 Å². The van der Waals surface area contributed by atoms with Crippen molar-refractivity contribution in [2.75, 3.05) is 11.1 Å². The van der Waals surface area contributed by atoms with Crippen molar-refractivity contribution in [1.29, 1.82) is 0 Å². The Kier molecular flexibility index (Phi) is 5.19. The van der Waals surface area contributed by atoms with Gasteiger partial charge in [-0.1, -0.05) is 25.1 Å². The fraction of sp³-hybridized carbons (Fsp3) is 0.211. The summed E-state index contributed by atoms with van der Waals surface area (Å²) in [5.41, 5.74) is 4.11. The second-order valence-electron chi connectivity index (χ2n) is 5.61. The van der Waals surface area contributed by atoms with Crippen molar-refractivity contribution in [2.24, 2.45) is 0 Å². The summed E-state index contributed by atoms with van der Waals surface area (Å²) < 4.78 is 1.80. The molecule has 5 nitrogen and oxygen atoms in total. The van der Waals surface area contributed by atoms with Gasteiger partial charge in [0.25, 0.3) is 5.91 Å². The summed E-state index contributed by atoms with van der Waals surface area (Å²) >= 11 is 1.67. The molecule has 0 fully saturated rings. The molecule has 0 aliphatic rings. The summed E-state index contributed by atoms with van der Waals surface area (Å²) in [6.07, 6.45) is 3.28. The second-order valence-corrected chi connectivity index (χ2v) is 6.90. The molecule has 2 aromatic heterocycles. The van der Waals surface area contributed by atoms with Gasteiger partial charge in [-0.3, -0.25) is 4.79 Å². The van der Waals surface area contributed by atoms with Crippen LogP contribution < -0.4 is 5.32 Å². The van der Waals surface area contributed by atoms with E-state index in [0.717, 1.165) is 27.7 Å². The third-order valence-corrected chi connectivity index (χ3v) is 4.71. The lowest BCUT2D eigenvalue weighted by Crippen LogP contribution is -2.13. The Hall–Kier alpha value is -2.60. The topological polar surface area (TPSA) is 59.8 Å². The van der Waals surface area contributed by atoms with Crippen LogP contribution in [0.5, 0.6) is 0 Å². The fourth-order valence-corrected chi connectivity index (χ4v) is 3.15. The van der Waals surface area contributed by atoms with Crippen molar-refractivity contribution < 1.29 is 4.79 Å². The zero-order chi connectivity index (χ0) is 17.8. The van der Waals surface area contributed by atoms with Crippen LogP contribution in [0, 0.1) is 13.8 Å². The third kappa shape index (κ3) is 3.74. The average molecular weight is 352 g/mol. The molecule has 0 atom stereocenters. The molecule has 0 aliphatic heterocycles. The minimum absolute atomic E-state index is 0.185. The number of aromatic nitrogens is 3. The first-order valence-electron chi connectivity index (χ1n) is 8.11. The zero-order valence-electron chi connectivity index (χ0n) is 14.5. The molecule has 1 amide bonds. The van der Waals surface area contributed by atoms with Gasteiger partial charge in [0.05, 0.1) is 40.1 Å². The third-order valence-electron chi connectivity index (χ3n) is 3.88. The number of nitrogens with zero attached hydrogens (tertiary/aromatic N) is 3. The number of nitrogens with one attached hydrogen (secondary N) is 1. The highest BCUT2D eigenvalue weighted by molar-refractivity contribution is 7.99. The van der Waals surface area contributed by atoms with E-state index in [9.17, 15) is 4.79 Å². The number of hydrogen-bond donors (Lipinski definition) is 1. The lowest BCUT2D eigenvalue weighted by Gasteiger charge is -2.09. The molecule has 25 heavy (non-hydrogen) atoms. The number of amides is 1. The molecule has 0 saturated carbocycles. The van der Waals surface area contributed by atoms with E-state index >= 15 is 0 Å². The Bertz CT molecular complexity index is 887. The lowest BCUT2D eigenvalue weighted by atomic mass is 10.2. The number of pyridine rings is 1. The second kappa shape index (κ2) is 7.53. The Balaban J connectivity index is 1.80. The van der Waals surface area contributed by atoms with Crippen LogP contribution in [-0.4, -0.2) is 26.4 Å². The van der Waals surface area contributed by atoms with Gasteiger partial charge >= 0.3 is 0 Å². The van der Waals surface area contributed by atoms with Crippen molar-refractivity contribution in [3.63, 3.8) is 0 Å². The molecule has 0 unspecified atom stereocenters. The highest BCUT2D eigenvalue weighted by atomic mass is 32.2. The smallest absolute Gasteiger partial charge is 0.259 e. The summed E-state index contributed by atoms with van der Waals surface area (Å²) in [6.45, 7) is 6.00. The Labute approximate surface area is 151 Å². The number of hydrogen-bond acceptors (Lipinski definition) is 4. The van der Waals surface area contributed by atoms with E-state index in [0.29, 0.717) is 11.3 Å². The molecule has 6 heteroatoms. The van der Waals surface area contributed by atoms with Crippen LogP contribution in [0.15, 0.2) is 53.8 Å². The van der Waals surface area contributed by atoms with Crippen LogP contribution in [0.3, 0.4) is 0 Å². The van der Waals surface area contributed by atoms with Gasteiger partial charge in [0, 0.05) is 0 Å². The number of para-hydroxylation sites is 1. The van der Waals surface area contributed by atoms with E-state index in [-0.39, 0.29) is 5.91 Å². The highest BCUT2D eigenvalue weighted by Crippen LogP contribution is 2.20. The van der Waals surface area contributed by atoms with E-state index in [1.54, 1.807) is 28.8 Å². The standard InChI is InChI=1S/C19H20N4OS/c1-4-25-18-10-9-15(11-20-18)22-19(24)16-12-21-23(14(16)3)17-8-6-5-7-13(17)2/h5-12H,4H2,1-3H3,(H,22,24).